The number of hydrogen-bond donors (Lipinski definition) is 1. The molecule has 3 aromatic heterocycles. The zero-order valence-electron chi connectivity index (χ0n) is 17.3. The van der Waals surface area contributed by atoms with Crippen molar-refractivity contribution >= 4 is 27.5 Å². The molecule has 1 N–H and O–H groups in total. The van der Waals surface area contributed by atoms with E-state index in [4.69, 9.17) is 14.5 Å². The number of fused-ring (bicyclic) bond motifs is 2. The van der Waals surface area contributed by atoms with Crippen molar-refractivity contribution in [2.45, 2.75) is 26.8 Å². The molecule has 4 heterocycles. The third-order valence-corrected chi connectivity index (χ3v) is 6.51. The monoisotopic (exact) mass is 434 g/mol. The Kier molecular flexibility index (Phi) is 5.07. The van der Waals surface area contributed by atoms with Crippen molar-refractivity contribution in [2.75, 3.05) is 13.3 Å². The number of aryl methyl sites for hydroxylation is 3. The number of benzene rings is 1. The zero-order chi connectivity index (χ0) is 21.4. The maximum Gasteiger partial charge on any atom is 0.254 e. The lowest BCUT2D eigenvalue weighted by Gasteiger charge is -2.08. The summed E-state index contributed by atoms with van der Waals surface area (Å²) >= 11 is 1.55. The maximum atomic E-state index is 12.9. The lowest BCUT2D eigenvalue weighted by Crippen LogP contribution is -2.25. The summed E-state index contributed by atoms with van der Waals surface area (Å²) in [6.45, 7) is 5.67. The molecule has 7 nitrogen and oxygen atoms in total. The van der Waals surface area contributed by atoms with Crippen LogP contribution in [-0.4, -0.2) is 33.8 Å². The summed E-state index contributed by atoms with van der Waals surface area (Å²) in [7, 11) is 0. The fourth-order valence-electron chi connectivity index (χ4n) is 3.72. The number of nitrogens with one attached hydrogen (secondary N) is 1. The Morgan fingerprint density at radius 1 is 1.23 bits per heavy atom. The average molecular weight is 435 g/mol. The van der Waals surface area contributed by atoms with Crippen LogP contribution in [0.3, 0.4) is 0 Å². The Bertz CT molecular complexity index is 1280. The average Bonchev–Trinajstić information content (AvgIpc) is 3.50. The number of imidazole rings is 1. The molecule has 1 aromatic carbocycles. The van der Waals surface area contributed by atoms with E-state index in [0.717, 1.165) is 51.6 Å². The Hall–Kier alpha value is -3.39. The second-order valence-corrected chi connectivity index (χ2v) is 8.38. The Morgan fingerprint density at radius 3 is 2.94 bits per heavy atom. The number of carbonyl (C=O) groups excluding carboxylic acids is 1. The first-order valence-electron chi connectivity index (χ1n) is 10.1. The van der Waals surface area contributed by atoms with Gasteiger partial charge in [-0.3, -0.25) is 4.79 Å². The standard InChI is InChI=1S/C23H22N4O3S/c1-14-10-18(16-4-5-19-20(11-16)30-13-29-19)26-21-17(12-31-22(14)21)23(28)25-6-3-8-27-9-7-24-15(27)2/h4-5,7,9-12H,3,6,8,13H2,1-2H3,(H,25,28). The highest BCUT2D eigenvalue weighted by molar-refractivity contribution is 7.17. The van der Waals surface area contributed by atoms with Crippen LogP contribution in [-0.2, 0) is 6.54 Å². The lowest BCUT2D eigenvalue weighted by molar-refractivity contribution is 0.0954. The highest BCUT2D eigenvalue weighted by Gasteiger charge is 2.18. The molecule has 0 radical (unpaired) electrons. The summed E-state index contributed by atoms with van der Waals surface area (Å²) in [5.41, 5.74) is 4.19. The molecule has 0 spiro atoms. The Morgan fingerprint density at radius 2 is 2.10 bits per heavy atom. The second kappa shape index (κ2) is 8.03. The normalized spacial score (nSPS) is 12.5. The van der Waals surface area contributed by atoms with Gasteiger partial charge in [-0.2, -0.15) is 0 Å². The number of hydrogen-bond acceptors (Lipinski definition) is 6. The fraction of sp³-hybridized carbons (Fsp3) is 0.261. The Labute approximate surface area is 183 Å². The van der Waals surface area contributed by atoms with Crippen LogP contribution in [0.4, 0.5) is 0 Å². The van der Waals surface area contributed by atoms with Gasteiger partial charge in [0.25, 0.3) is 5.91 Å². The van der Waals surface area contributed by atoms with E-state index >= 15 is 0 Å². The molecule has 0 aliphatic carbocycles. The van der Waals surface area contributed by atoms with E-state index in [9.17, 15) is 4.79 Å². The lowest BCUT2D eigenvalue weighted by atomic mass is 10.1. The van der Waals surface area contributed by atoms with Gasteiger partial charge >= 0.3 is 0 Å². The molecule has 0 unspecified atom stereocenters. The molecule has 5 rings (SSSR count). The van der Waals surface area contributed by atoms with Gasteiger partial charge in [-0.05, 0) is 50.1 Å². The minimum Gasteiger partial charge on any atom is -0.454 e. The van der Waals surface area contributed by atoms with Crippen LogP contribution in [0.15, 0.2) is 42.0 Å². The number of ether oxygens (including phenoxy) is 2. The van der Waals surface area contributed by atoms with E-state index < -0.39 is 0 Å². The summed E-state index contributed by atoms with van der Waals surface area (Å²) < 4.78 is 14.0. The number of aromatic nitrogens is 3. The number of amides is 1. The first-order chi connectivity index (χ1) is 15.1. The van der Waals surface area contributed by atoms with Crippen LogP contribution < -0.4 is 14.8 Å². The number of carbonyl (C=O) groups is 1. The van der Waals surface area contributed by atoms with E-state index in [1.807, 2.05) is 49.7 Å². The maximum absolute atomic E-state index is 12.9. The van der Waals surface area contributed by atoms with Crippen molar-refractivity contribution in [3.63, 3.8) is 0 Å². The van der Waals surface area contributed by atoms with Crippen LogP contribution in [0.1, 0.15) is 28.2 Å². The van der Waals surface area contributed by atoms with Gasteiger partial charge in [0.15, 0.2) is 11.5 Å². The van der Waals surface area contributed by atoms with E-state index in [2.05, 4.69) is 14.9 Å². The molecule has 31 heavy (non-hydrogen) atoms. The number of pyridine rings is 1. The van der Waals surface area contributed by atoms with Crippen molar-refractivity contribution in [2.24, 2.45) is 0 Å². The Balaban J connectivity index is 1.35. The first-order valence-corrected chi connectivity index (χ1v) is 11.0. The number of thiophene rings is 1. The summed E-state index contributed by atoms with van der Waals surface area (Å²) in [4.78, 5) is 21.9. The molecule has 0 saturated heterocycles. The zero-order valence-corrected chi connectivity index (χ0v) is 18.2. The van der Waals surface area contributed by atoms with E-state index in [1.54, 1.807) is 17.5 Å². The fourth-order valence-corrected chi connectivity index (χ4v) is 4.68. The van der Waals surface area contributed by atoms with Crippen molar-refractivity contribution in [3.8, 4) is 22.8 Å². The molecule has 1 aliphatic heterocycles. The molecule has 4 aromatic rings. The van der Waals surface area contributed by atoms with Gasteiger partial charge in [0.2, 0.25) is 6.79 Å². The van der Waals surface area contributed by atoms with Crippen LogP contribution >= 0.6 is 11.3 Å². The highest BCUT2D eigenvalue weighted by atomic mass is 32.1. The summed E-state index contributed by atoms with van der Waals surface area (Å²) in [6, 6.07) is 7.83. The molecule has 158 valence electrons. The molecule has 0 fully saturated rings. The minimum atomic E-state index is -0.0941. The second-order valence-electron chi connectivity index (χ2n) is 7.50. The molecule has 8 heteroatoms. The quantitative estimate of drug-likeness (QED) is 0.457. The van der Waals surface area contributed by atoms with Crippen molar-refractivity contribution in [3.05, 3.63) is 59.0 Å². The molecular formula is C23H22N4O3S. The molecule has 0 atom stereocenters. The predicted octanol–water partition coefficient (Wildman–Crippen LogP) is 4.33. The predicted molar refractivity (Wildman–Crippen MR) is 120 cm³/mol. The van der Waals surface area contributed by atoms with Gasteiger partial charge in [-0.15, -0.1) is 11.3 Å². The third-order valence-electron chi connectivity index (χ3n) is 5.41. The first kappa shape index (κ1) is 19.6. The largest absolute Gasteiger partial charge is 0.454 e. The SMILES string of the molecule is Cc1cc(-c2ccc3c(c2)OCO3)nc2c(C(=O)NCCCn3ccnc3C)csc12. The highest BCUT2D eigenvalue weighted by Crippen LogP contribution is 2.37. The third kappa shape index (κ3) is 3.74. The van der Waals surface area contributed by atoms with Crippen molar-refractivity contribution in [1.82, 2.24) is 19.9 Å². The topological polar surface area (TPSA) is 78.3 Å². The summed E-state index contributed by atoms with van der Waals surface area (Å²) in [5, 5.41) is 4.92. The number of rotatable bonds is 6. The molecule has 0 saturated carbocycles. The van der Waals surface area contributed by atoms with Gasteiger partial charge < -0.3 is 19.4 Å². The van der Waals surface area contributed by atoms with Gasteiger partial charge in [-0.25, -0.2) is 9.97 Å². The van der Waals surface area contributed by atoms with Gasteiger partial charge in [0.1, 0.15) is 5.82 Å². The van der Waals surface area contributed by atoms with E-state index in [1.165, 1.54) is 0 Å². The number of nitrogens with zero attached hydrogens (tertiary/aromatic N) is 3. The minimum absolute atomic E-state index is 0.0941. The van der Waals surface area contributed by atoms with Crippen LogP contribution in [0.5, 0.6) is 11.5 Å². The molecule has 1 aliphatic rings. The molecular weight excluding hydrogens is 412 g/mol. The van der Waals surface area contributed by atoms with Gasteiger partial charge in [0.05, 0.1) is 21.5 Å². The smallest absolute Gasteiger partial charge is 0.254 e. The van der Waals surface area contributed by atoms with Crippen molar-refractivity contribution < 1.29 is 14.3 Å². The molecule has 1 amide bonds. The van der Waals surface area contributed by atoms with Crippen molar-refractivity contribution in [1.29, 1.82) is 0 Å². The molecule has 0 bridgehead atoms. The van der Waals surface area contributed by atoms with E-state index in [-0.39, 0.29) is 12.7 Å². The van der Waals surface area contributed by atoms with Gasteiger partial charge in [-0.1, -0.05) is 0 Å². The van der Waals surface area contributed by atoms with Crippen LogP contribution in [0, 0.1) is 13.8 Å². The van der Waals surface area contributed by atoms with Crippen LogP contribution in [0.25, 0.3) is 21.5 Å². The van der Waals surface area contributed by atoms with E-state index in [0.29, 0.717) is 17.9 Å². The summed E-state index contributed by atoms with van der Waals surface area (Å²) in [5.74, 6) is 2.34. The summed E-state index contributed by atoms with van der Waals surface area (Å²) in [6.07, 6.45) is 4.57. The van der Waals surface area contributed by atoms with Gasteiger partial charge in [0, 0.05) is 36.4 Å². The van der Waals surface area contributed by atoms with Crippen LogP contribution in [0.2, 0.25) is 0 Å².